The average Bonchev–Trinajstić information content (AvgIpc) is 2.69. The van der Waals surface area contributed by atoms with Gasteiger partial charge in [-0.05, 0) is 49.9 Å². The van der Waals surface area contributed by atoms with Gasteiger partial charge in [0, 0.05) is 24.9 Å². The van der Waals surface area contributed by atoms with Gasteiger partial charge in [-0.2, -0.15) is 0 Å². The van der Waals surface area contributed by atoms with Crippen molar-refractivity contribution in [1.29, 1.82) is 0 Å². The van der Waals surface area contributed by atoms with Gasteiger partial charge in [-0.3, -0.25) is 4.79 Å². The Hall–Kier alpha value is -2.71. The molecule has 28 heavy (non-hydrogen) atoms. The van der Waals surface area contributed by atoms with Crippen LogP contribution < -0.4 is 22.1 Å². The highest BCUT2D eigenvalue weighted by molar-refractivity contribution is 5.96. The number of carbonyl (C=O) groups excluding carboxylic acids is 1. The third kappa shape index (κ3) is 4.96. The summed E-state index contributed by atoms with van der Waals surface area (Å²) in [6, 6.07) is 8.11. The summed E-state index contributed by atoms with van der Waals surface area (Å²) >= 11 is 0. The molecular formula is C20H28N6O2. The van der Waals surface area contributed by atoms with Gasteiger partial charge in [0.05, 0.1) is 5.69 Å². The minimum Gasteiger partial charge on any atom is -0.381 e. The SMILES string of the molecule is CCc1nc(C(N)=O)c(Nc2cccc(CCN)c2)nc1NC1CCOCC1. The van der Waals surface area contributed by atoms with Crippen LogP contribution in [-0.4, -0.2) is 41.7 Å². The molecule has 0 aliphatic carbocycles. The van der Waals surface area contributed by atoms with Crippen LogP contribution in [0.1, 0.15) is 41.5 Å². The smallest absolute Gasteiger partial charge is 0.271 e. The average molecular weight is 384 g/mol. The van der Waals surface area contributed by atoms with Gasteiger partial charge in [0.2, 0.25) is 0 Å². The molecule has 1 aliphatic rings. The van der Waals surface area contributed by atoms with E-state index in [1.807, 2.05) is 31.2 Å². The van der Waals surface area contributed by atoms with Crippen LogP contribution >= 0.6 is 0 Å². The lowest BCUT2D eigenvalue weighted by Crippen LogP contribution is -2.29. The fraction of sp³-hybridized carbons (Fsp3) is 0.450. The number of rotatable bonds is 8. The first-order valence-electron chi connectivity index (χ1n) is 9.71. The topological polar surface area (TPSA) is 128 Å². The van der Waals surface area contributed by atoms with E-state index in [1.54, 1.807) is 0 Å². The van der Waals surface area contributed by atoms with E-state index in [4.69, 9.17) is 16.2 Å². The van der Waals surface area contributed by atoms with E-state index in [1.165, 1.54) is 0 Å². The van der Waals surface area contributed by atoms with Gasteiger partial charge in [-0.1, -0.05) is 19.1 Å². The summed E-state index contributed by atoms with van der Waals surface area (Å²) in [5.41, 5.74) is 14.0. The first kappa shape index (κ1) is 20.0. The molecule has 1 aromatic heterocycles. The minimum atomic E-state index is -0.611. The summed E-state index contributed by atoms with van der Waals surface area (Å²) < 4.78 is 5.42. The number of benzene rings is 1. The molecule has 3 rings (SSSR count). The number of ether oxygens (including phenoxy) is 1. The highest BCUT2D eigenvalue weighted by Gasteiger charge is 2.20. The summed E-state index contributed by atoms with van der Waals surface area (Å²) in [5, 5.41) is 6.66. The normalized spacial score (nSPS) is 14.6. The summed E-state index contributed by atoms with van der Waals surface area (Å²) in [6.45, 7) is 4.00. The van der Waals surface area contributed by atoms with Crippen molar-refractivity contribution in [3.63, 3.8) is 0 Å². The number of anilines is 3. The molecule has 6 N–H and O–H groups in total. The maximum absolute atomic E-state index is 12.0. The number of amides is 1. The lowest BCUT2D eigenvalue weighted by Gasteiger charge is -2.25. The molecule has 2 heterocycles. The first-order valence-corrected chi connectivity index (χ1v) is 9.71. The molecule has 1 amide bonds. The quantitative estimate of drug-likeness (QED) is 0.548. The van der Waals surface area contributed by atoms with E-state index in [0.717, 1.165) is 49.4 Å². The standard InChI is InChI=1S/C20H28N6O2/c1-2-16-19(23-14-7-10-28-11-8-14)26-20(17(25-16)18(22)27)24-15-5-3-4-13(12-15)6-9-21/h3-5,12,14H,2,6-11,21H2,1H3,(H2,22,27)(H2,23,24,26). The van der Waals surface area contributed by atoms with E-state index in [2.05, 4.69) is 20.6 Å². The van der Waals surface area contributed by atoms with Crippen LogP contribution in [0.2, 0.25) is 0 Å². The van der Waals surface area contributed by atoms with Crippen molar-refractivity contribution in [3.05, 3.63) is 41.2 Å². The molecule has 0 atom stereocenters. The van der Waals surface area contributed by atoms with E-state index >= 15 is 0 Å². The number of primary amides is 1. The molecule has 1 fully saturated rings. The zero-order valence-corrected chi connectivity index (χ0v) is 16.2. The third-order valence-electron chi connectivity index (χ3n) is 4.72. The molecule has 150 valence electrons. The molecule has 0 radical (unpaired) electrons. The van der Waals surface area contributed by atoms with Crippen molar-refractivity contribution in [2.45, 2.75) is 38.6 Å². The van der Waals surface area contributed by atoms with Crippen molar-refractivity contribution < 1.29 is 9.53 Å². The maximum atomic E-state index is 12.0. The Kier molecular flexibility index (Phi) is 6.78. The molecular weight excluding hydrogens is 356 g/mol. The van der Waals surface area contributed by atoms with Crippen LogP contribution in [0.4, 0.5) is 17.3 Å². The van der Waals surface area contributed by atoms with Crippen molar-refractivity contribution in [2.24, 2.45) is 11.5 Å². The Morgan fingerprint density at radius 3 is 2.71 bits per heavy atom. The molecule has 1 saturated heterocycles. The number of carbonyl (C=O) groups is 1. The van der Waals surface area contributed by atoms with Crippen molar-refractivity contribution in [3.8, 4) is 0 Å². The van der Waals surface area contributed by atoms with Gasteiger partial charge in [0.25, 0.3) is 5.91 Å². The van der Waals surface area contributed by atoms with Crippen LogP contribution in [-0.2, 0) is 17.6 Å². The largest absolute Gasteiger partial charge is 0.381 e. The number of hydrogen-bond donors (Lipinski definition) is 4. The summed E-state index contributed by atoms with van der Waals surface area (Å²) in [4.78, 5) is 21.2. The zero-order valence-electron chi connectivity index (χ0n) is 16.2. The van der Waals surface area contributed by atoms with Crippen molar-refractivity contribution in [2.75, 3.05) is 30.4 Å². The fourth-order valence-electron chi connectivity index (χ4n) is 3.23. The van der Waals surface area contributed by atoms with Crippen LogP contribution in [0.3, 0.4) is 0 Å². The van der Waals surface area contributed by atoms with Gasteiger partial charge in [-0.15, -0.1) is 0 Å². The van der Waals surface area contributed by atoms with Gasteiger partial charge in [0.15, 0.2) is 17.3 Å². The van der Waals surface area contributed by atoms with Gasteiger partial charge < -0.3 is 26.8 Å². The summed E-state index contributed by atoms with van der Waals surface area (Å²) in [6.07, 6.45) is 3.24. The van der Waals surface area contributed by atoms with E-state index in [-0.39, 0.29) is 11.7 Å². The molecule has 8 nitrogen and oxygen atoms in total. The maximum Gasteiger partial charge on any atom is 0.271 e. The predicted molar refractivity (Wildman–Crippen MR) is 110 cm³/mol. The Morgan fingerprint density at radius 2 is 2.04 bits per heavy atom. The van der Waals surface area contributed by atoms with E-state index in [0.29, 0.717) is 24.6 Å². The van der Waals surface area contributed by atoms with Crippen LogP contribution in [0.15, 0.2) is 24.3 Å². The van der Waals surface area contributed by atoms with Gasteiger partial charge >= 0.3 is 0 Å². The molecule has 1 aliphatic heterocycles. The Morgan fingerprint density at radius 1 is 1.25 bits per heavy atom. The Labute approximate surface area is 165 Å². The minimum absolute atomic E-state index is 0.138. The van der Waals surface area contributed by atoms with Crippen LogP contribution in [0.25, 0.3) is 0 Å². The van der Waals surface area contributed by atoms with Crippen molar-refractivity contribution >= 4 is 23.2 Å². The third-order valence-corrected chi connectivity index (χ3v) is 4.72. The molecule has 8 heteroatoms. The molecule has 1 aromatic carbocycles. The second-order valence-corrected chi connectivity index (χ2v) is 6.83. The summed E-state index contributed by atoms with van der Waals surface area (Å²) in [7, 11) is 0. The molecule has 0 saturated carbocycles. The highest BCUT2D eigenvalue weighted by Crippen LogP contribution is 2.24. The second kappa shape index (κ2) is 9.48. The number of nitrogens with zero attached hydrogens (tertiary/aromatic N) is 2. The fourth-order valence-corrected chi connectivity index (χ4v) is 3.23. The van der Waals surface area contributed by atoms with Gasteiger partial charge in [0.1, 0.15) is 0 Å². The number of nitrogens with two attached hydrogens (primary N) is 2. The monoisotopic (exact) mass is 384 g/mol. The first-order chi connectivity index (χ1) is 13.6. The zero-order chi connectivity index (χ0) is 19.9. The number of aryl methyl sites for hydroxylation is 1. The van der Waals surface area contributed by atoms with Gasteiger partial charge in [-0.25, -0.2) is 9.97 Å². The molecule has 2 aromatic rings. The number of nitrogens with one attached hydrogen (secondary N) is 2. The van der Waals surface area contributed by atoms with Crippen molar-refractivity contribution in [1.82, 2.24) is 9.97 Å². The van der Waals surface area contributed by atoms with E-state index in [9.17, 15) is 4.79 Å². The lowest BCUT2D eigenvalue weighted by molar-refractivity contribution is 0.0903. The molecule has 0 spiro atoms. The summed E-state index contributed by atoms with van der Waals surface area (Å²) in [5.74, 6) is 0.421. The Bertz CT molecular complexity index is 820. The lowest BCUT2D eigenvalue weighted by atomic mass is 10.1. The van der Waals surface area contributed by atoms with Crippen LogP contribution in [0, 0.1) is 0 Å². The van der Waals surface area contributed by atoms with Crippen LogP contribution in [0.5, 0.6) is 0 Å². The number of hydrogen-bond acceptors (Lipinski definition) is 7. The predicted octanol–water partition coefficient (Wildman–Crippen LogP) is 1.97. The Balaban J connectivity index is 1.92. The number of aromatic nitrogens is 2. The molecule has 0 unspecified atom stereocenters. The highest BCUT2D eigenvalue weighted by atomic mass is 16.5. The second-order valence-electron chi connectivity index (χ2n) is 6.83. The molecule has 0 bridgehead atoms. The van der Waals surface area contributed by atoms with E-state index < -0.39 is 5.91 Å².